The number of nitrogens with zero attached hydrogens (tertiary/aromatic N) is 1. The topological polar surface area (TPSA) is 88.2 Å². The molecule has 0 radical (unpaired) electrons. The normalized spacial score (nSPS) is 12.7. The molecule has 2 rings (SSSR count). The lowest BCUT2D eigenvalue weighted by molar-refractivity contribution is -0.118. The molecule has 2 N–H and O–H groups in total. The highest BCUT2D eigenvalue weighted by atomic mass is 32.2. The van der Waals surface area contributed by atoms with Crippen molar-refractivity contribution >= 4 is 38.1 Å². The summed E-state index contributed by atoms with van der Waals surface area (Å²) >= 11 is 1.37. The molecule has 0 spiro atoms. The average Bonchev–Trinajstić information content (AvgIpc) is 2.79. The molecule has 1 unspecified atom stereocenters. The van der Waals surface area contributed by atoms with Crippen LogP contribution in [0.1, 0.15) is 23.1 Å². The van der Waals surface area contributed by atoms with Gasteiger partial charge in [0, 0.05) is 10.6 Å². The number of benzene rings is 1. The lowest BCUT2D eigenvalue weighted by Gasteiger charge is -2.13. The van der Waals surface area contributed by atoms with Crippen LogP contribution in [0.25, 0.3) is 0 Å². The standard InChI is InChI=1S/C16H21N3O3S2/c1-10-5-7-14(8-6-10)19-24(21,22)9-11(2)15(20)18-16-17-12(3)13(4)23-16/h5-8,11,19H,9H2,1-4H3,(H,17,18,20). The molecule has 1 atom stereocenters. The molecule has 2 aromatic rings. The summed E-state index contributed by atoms with van der Waals surface area (Å²) < 4.78 is 26.9. The van der Waals surface area contributed by atoms with Gasteiger partial charge in [0.25, 0.3) is 0 Å². The predicted molar refractivity (Wildman–Crippen MR) is 98.0 cm³/mol. The molecule has 0 aliphatic carbocycles. The maximum atomic E-state index is 12.2. The van der Waals surface area contributed by atoms with E-state index in [0.717, 1.165) is 16.1 Å². The molecule has 1 aromatic carbocycles. The average molecular weight is 367 g/mol. The summed E-state index contributed by atoms with van der Waals surface area (Å²) in [5.74, 6) is -1.36. The van der Waals surface area contributed by atoms with E-state index in [4.69, 9.17) is 0 Å². The summed E-state index contributed by atoms with van der Waals surface area (Å²) in [6.07, 6.45) is 0. The van der Waals surface area contributed by atoms with Crippen molar-refractivity contribution in [1.82, 2.24) is 4.98 Å². The highest BCUT2D eigenvalue weighted by Gasteiger charge is 2.22. The largest absolute Gasteiger partial charge is 0.302 e. The fraction of sp³-hybridized carbons (Fsp3) is 0.375. The molecule has 24 heavy (non-hydrogen) atoms. The highest BCUT2D eigenvalue weighted by Crippen LogP contribution is 2.22. The Bertz CT molecular complexity index is 807. The number of anilines is 2. The fourth-order valence-electron chi connectivity index (χ4n) is 2.00. The smallest absolute Gasteiger partial charge is 0.233 e. The first-order chi connectivity index (χ1) is 11.2. The van der Waals surface area contributed by atoms with E-state index in [1.54, 1.807) is 19.1 Å². The van der Waals surface area contributed by atoms with Gasteiger partial charge < -0.3 is 5.32 Å². The van der Waals surface area contributed by atoms with Gasteiger partial charge in [-0.15, -0.1) is 11.3 Å². The molecule has 8 heteroatoms. The number of aromatic nitrogens is 1. The van der Waals surface area contributed by atoms with Gasteiger partial charge >= 0.3 is 0 Å². The number of carbonyl (C=O) groups is 1. The molecule has 1 amide bonds. The molecule has 0 saturated heterocycles. The monoisotopic (exact) mass is 367 g/mol. The number of hydrogen-bond acceptors (Lipinski definition) is 5. The lowest BCUT2D eigenvalue weighted by atomic mass is 10.2. The lowest BCUT2D eigenvalue weighted by Crippen LogP contribution is -2.29. The number of rotatable bonds is 6. The predicted octanol–water partition coefficient (Wildman–Crippen LogP) is 3.08. The van der Waals surface area contributed by atoms with Crippen molar-refractivity contribution in [3.8, 4) is 0 Å². The molecular formula is C16H21N3O3S2. The van der Waals surface area contributed by atoms with Crippen LogP contribution in [-0.4, -0.2) is 25.1 Å². The summed E-state index contributed by atoms with van der Waals surface area (Å²) in [5, 5.41) is 3.16. The quantitative estimate of drug-likeness (QED) is 0.821. The molecule has 0 aliphatic heterocycles. The van der Waals surface area contributed by atoms with Crippen LogP contribution in [0.3, 0.4) is 0 Å². The van der Waals surface area contributed by atoms with Crippen LogP contribution in [0.5, 0.6) is 0 Å². The first-order valence-electron chi connectivity index (χ1n) is 7.48. The van der Waals surface area contributed by atoms with Crippen molar-refractivity contribution < 1.29 is 13.2 Å². The van der Waals surface area contributed by atoms with Crippen molar-refractivity contribution in [2.75, 3.05) is 15.8 Å². The second kappa shape index (κ2) is 7.31. The Balaban J connectivity index is 1.97. The highest BCUT2D eigenvalue weighted by molar-refractivity contribution is 7.92. The molecule has 0 bridgehead atoms. The van der Waals surface area contributed by atoms with Crippen LogP contribution >= 0.6 is 11.3 Å². The fourth-order valence-corrected chi connectivity index (χ4v) is 4.21. The van der Waals surface area contributed by atoms with E-state index < -0.39 is 15.9 Å². The number of nitrogens with one attached hydrogen (secondary N) is 2. The van der Waals surface area contributed by atoms with E-state index in [2.05, 4.69) is 15.0 Å². The number of sulfonamides is 1. The molecule has 0 aliphatic rings. The van der Waals surface area contributed by atoms with Crippen molar-refractivity contribution in [3.63, 3.8) is 0 Å². The van der Waals surface area contributed by atoms with E-state index in [1.807, 2.05) is 32.9 Å². The van der Waals surface area contributed by atoms with Crippen LogP contribution in [0.2, 0.25) is 0 Å². The van der Waals surface area contributed by atoms with Crippen LogP contribution < -0.4 is 10.0 Å². The molecular weight excluding hydrogens is 346 g/mol. The zero-order valence-electron chi connectivity index (χ0n) is 14.1. The number of hydrogen-bond donors (Lipinski definition) is 2. The summed E-state index contributed by atoms with van der Waals surface area (Å²) in [6.45, 7) is 7.28. The van der Waals surface area contributed by atoms with Gasteiger partial charge in [0.15, 0.2) is 5.13 Å². The number of aryl methyl sites for hydroxylation is 3. The number of thiazole rings is 1. The van der Waals surface area contributed by atoms with Gasteiger partial charge in [0.1, 0.15) is 0 Å². The van der Waals surface area contributed by atoms with Gasteiger partial charge in [-0.25, -0.2) is 13.4 Å². The summed E-state index contributed by atoms with van der Waals surface area (Å²) in [5.41, 5.74) is 2.38. The van der Waals surface area contributed by atoms with Gasteiger partial charge in [0.2, 0.25) is 15.9 Å². The molecule has 0 saturated carbocycles. The minimum Gasteiger partial charge on any atom is -0.302 e. The van der Waals surface area contributed by atoms with Crippen LogP contribution in [-0.2, 0) is 14.8 Å². The first-order valence-corrected chi connectivity index (χ1v) is 9.95. The Labute approximate surface area is 146 Å². The third-order valence-electron chi connectivity index (χ3n) is 3.50. The first kappa shape index (κ1) is 18.4. The van der Waals surface area contributed by atoms with E-state index in [-0.39, 0.29) is 11.7 Å². The zero-order valence-corrected chi connectivity index (χ0v) is 15.7. The Morgan fingerprint density at radius 1 is 1.21 bits per heavy atom. The summed E-state index contributed by atoms with van der Waals surface area (Å²) in [4.78, 5) is 17.4. The number of carbonyl (C=O) groups excluding carboxylic acids is 1. The van der Waals surface area contributed by atoms with Gasteiger partial charge in [-0.1, -0.05) is 24.6 Å². The Kier molecular flexibility index (Phi) is 5.61. The van der Waals surface area contributed by atoms with Gasteiger partial charge in [-0.2, -0.15) is 0 Å². The summed E-state index contributed by atoms with van der Waals surface area (Å²) in [6, 6.07) is 7.03. The van der Waals surface area contributed by atoms with E-state index >= 15 is 0 Å². The SMILES string of the molecule is Cc1ccc(NS(=O)(=O)CC(C)C(=O)Nc2nc(C)c(C)s2)cc1. The molecule has 6 nitrogen and oxygen atoms in total. The minimum atomic E-state index is -3.61. The van der Waals surface area contributed by atoms with E-state index in [9.17, 15) is 13.2 Å². The maximum Gasteiger partial charge on any atom is 0.233 e. The van der Waals surface area contributed by atoms with Gasteiger partial charge in [0.05, 0.1) is 17.4 Å². The van der Waals surface area contributed by atoms with Crippen molar-refractivity contribution in [2.24, 2.45) is 5.92 Å². The Hall–Kier alpha value is -1.93. The second-order valence-corrected chi connectivity index (χ2v) is 8.77. The Morgan fingerprint density at radius 3 is 2.38 bits per heavy atom. The molecule has 1 heterocycles. The zero-order chi connectivity index (χ0) is 17.9. The third kappa shape index (κ3) is 5.04. The van der Waals surface area contributed by atoms with E-state index in [1.165, 1.54) is 11.3 Å². The van der Waals surface area contributed by atoms with Crippen molar-refractivity contribution in [2.45, 2.75) is 27.7 Å². The van der Waals surface area contributed by atoms with Crippen LogP contribution in [0.4, 0.5) is 10.8 Å². The van der Waals surface area contributed by atoms with Crippen LogP contribution in [0, 0.1) is 26.7 Å². The van der Waals surface area contributed by atoms with Crippen molar-refractivity contribution in [3.05, 3.63) is 40.4 Å². The molecule has 1 aromatic heterocycles. The maximum absolute atomic E-state index is 12.2. The van der Waals surface area contributed by atoms with Crippen molar-refractivity contribution in [1.29, 1.82) is 0 Å². The molecule has 130 valence electrons. The van der Waals surface area contributed by atoms with Crippen LogP contribution in [0.15, 0.2) is 24.3 Å². The van der Waals surface area contributed by atoms with E-state index in [0.29, 0.717) is 10.8 Å². The second-order valence-electron chi connectivity index (χ2n) is 5.80. The van der Waals surface area contributed by atoms with Gasteiger partial charge in [-0.05, 0) is 32.9 Å². The van der Waals surface area contributed by atoms with Gasteiger partial charge in [-0.3, -0.25) is 9.52 Å². The third-order valence-corrected chi connectivity index (χ3v) is 5.97. The minimum absolute atomic E-state index is 0.296. The molecule has 0 fully saturated rings. The number of amides is 1. The Morgan fingerprint density at radius 2 is 1.83 bits per heavy atom. The summed E-state index contributed by atoms with van der Waals surface area (Å²) in [7, 11) is -3.61.